The molecule has 1 aliphatic rings. The summed E-state index contributed by atoms with van der Waals surface area (Å²) in [6.45, 7) is 1.15. The van der Waals surface area contributed by atoms with Crippen molar-refractivity contribution >= 4 is 28.7 Å². The molecule has 1 heterocycles. The molecule has 0 spiro atoms. The van der Waals surface area contributed by atoms with Gasteiger partial charge in [-0.1, -0.05) is 0 Å². The molecule has 0 saturated carbocycles. The Hall–Kier alpha value is 0.210. The number of halogens is 2. The van der Waals surface area contributed by atoms with Crippen LogP contribution in [0.3, 0.4) is 0 Å². The fourth-order valence-electron chi connectivity index (χ4n) is 1.10. The van der Waals surface area contributed by atoms with Crippen LogP contribution in [0.2, 0.25) is 0 Å². The molecule has 0 atom stereocenters. The Labute approximate surface area is 121 Å². The molecular weight excluding hydrogens is 432 g/mol. The van der Waals surface area contributed by atoms with Crippen LogP contribution in [-0.2, 0) is 4.74 Å². The van der Waals surface area contributed by atoms with Gasteiger partial charge in [0.15, 0.2) is 0 Å². The molecule has 0 aliphatic carbocycles. The van der Waals surface area contributed by atoms with Gasteiger partial charge < -0.3 is 0 Å². The van der Waals surface area contributed by atoms with Crippen molar-refractivity contribution in [1.29, 1.82) is 0 Å². The van der Waals surface area contributed by atoms with Crippen molar-refractivity contribution in [3.63, 3.8) is 0 Å². The van der Waals surface area contributed by atoms with Crippen LogP contribution in [0.5, 0.6) is 0 Å². The van der Waals surface area contributed by atoms with Gasteiger partial charge in [0.25, 0.3) is 0 Å². The van der Waals surface area contributed by atoms with Gasteiger partial charge in [0.1, 0.15) is 0 Å². The zero-order valence-electron chi connectivity index (χ0n) is 9.29. The molecule has 0 unspecified atom stereocenters. The molecule has 0 fully saturated rings. The molecule has 0 bridgehead atoms. The monoisotopic (exact) mass is 448 g/mol. The zero-order chi connectivity index (χ0) is 11.8. The number of hydrogen-bond donors (Lipinski definition) is 0. The molecule has 1 aliphatic heterocycles. The summed E-state index contributed by atoms with van der Waals surface area (Å²) in [6.07, 6.45) is 5.18. The van der Waals surface area contributed by atoms with Crippen LogP contribution >= 0.6 is 22.6 Å². The van der Waals surface area contributed by atoms with Crippen LogP contribution in [0.1, 0.15) is 6.42 Å². The van der Waals surface area contributed by atoms with Crippen molar-refractivity contribution in [2.24, 2.45) is 0 Å². The first-order chi connectivity index (χ1) is 7.74. The number of amides is 1. The number of hydrogen-bond acceptors (Lipinski definition) is 2. The van der Waals surface area contributed by atoms with Crippen molar-refractivity contribution < 1.29 is 30.7 Å². The Balaban J connectivity index is 2.32. The Morgan fingerprint density at radius 2 is 2.50 bits per heavy atom. The minimum atomic E-state index is -0.228. The standard InChI is InChI=1S/C11H16I2NO2/c1-14(7-5-12)11(15)16-9-10-4-2-3-6-13-8-10/h2,4,8H,3,5-7,9H2,1H3/q-1. The number of carbonyl (C=O) groups is 1. The van der Waals surface area contributed by atoms with E-state index in [1.54, 1.807) is 11.9 Å². The summed E-state index contributed by atoms with van der Waals surface area (Å²) < 4.78 is 9.71. The van der Waals surface area contributed by atoms with Gasteiger partial charge >= 0.3 is 122 Å². The van der Waals surface area contributed by atoms with E-state index in [0.29, 0.717) is 6.61 Å². The zero-order valence-corrected chi connectivity index (χ0v) is 13.6. The van der Waals surface area contributed by atoms with Crippen LogP contribution in [0.15, 0.2) is 21.8 Å². The molecule has 1 rings (SSSR count). The number of ether oxygens (including phenoxy) is 1. The van der Waals surface area contributed by atoms with Gasteiger partial charge in [-0.2, -0.15) is 0 Å². The number of alkyl halides is 2. The van der Waals surface area contributed by atoms with Gasteiger partial charge in [-0.3, -0.25) is 0 Å². The molecule has 1 amide bonds. The van der Waals surface area contributed by atoms with Crippen molar-refractivity contribution in [2.75, 3.05) is 29.1 Å². The second-order valence-electron chi connectivity index (χ2n) is 3.38. The molecule has 0 aromatic rings. The van der Waals surface area contributed by atoms with Gasteiger partial charge in [-0.25, -0.2) is 0 Å². The molecule has 16 heavy (non-hydrogen) atoms. The summed E-state index contributed by atoms with van der Waals surface area (Å²) in [5, 5.41) is 0. The fraction of sp³-hybridized carbons (Fsp3) is 0.545. The van der Waals surface area contributed by atoms with E-state index < -0.39 is 0 Å². The van der Waals surface area contributed by atoms with E-state index in [0.717, 1.165) is 23.0 Å². The van der Waals surface area contributed by atoms with Gasteiger partial charge in [0.2, 0.25) is 0 Å². The SMILES string of the molecule is CN(CCI)C(=O)OCC1=C[I-]CCC=C1. The first-order valence-electron chi connectivity index (χ1n) is 5.11. The Kier molecular flexibility index (Phi) is 7.42. The summed E-state index contributed by atoms with van der Waals surface area (Å²) in [5.74, 6) is 0. The van der Waals surface area contributed by atoms with Crippen molar-refractivity contribution in [1.82, 2.24) is 4.90 Å². The van der Waals surface area contributed by atoms with Gasteiger partial charge in [-0.05, 0) is 0 Å². The van der Waals surface area contributed by atoms with Crippen molar-refractivity contribution in [2.45, 2.75) is 6.42 Å². The van der Waals surface area contributed by atoms with Crippen LogP contribution in [-0.4, -0.2) is 40.0 Å². The molecule has 92 valence electrons. The maximum absolute atomic E-state index is 11.5. The fourth-order valence-corrected chi connectivity index (χ4v) is 3.81. The predicted molar refractivity (Wildman–Crippen MR) is 69.6 cm³/mol. The summed E-state index contributed by atoms with van der Waals surface area (Å²) >= 11 is 2.41. The van der Waals surface area contributed by atoms with Gasteiger partial charge in [-0.15, -0.1) is 0 Å². The van der Waals surface area contributed by atoms with Crippen molar-refractivity contribution in [3.8, 4) is 0 Å². The van der Waals surface area contributed by atoms with Crippen LogP contribution < -0.4 is 21.2 Å². The normalized spacial score (nSPS) is 15.8. The minimum absolute atomic E-state index is 0.161. The molecule has 3 nitrogen and oxygen atoms in total. The van der Waals surface area contributed by atoms with E-state index >= 15 is 0 Å². The Morgan fingerprint density at radius 3 is 3.25 bits per heavy atom. The predicted octanol–water partition coefficient (Wildman–Crippen LogP) is -0.577. The van der Waals surface area contributed by atoms with Crippen LogP contribution in [0.25, 0.3) is 0 Å². The summed E-state index contributed by atoms with van der Waals surface area (Å²) in [4.78, 5) is 13.1. The maximum atomic E-state index is 11.5. The van der Waals surface area contributed by atoms with E-state index in [-0.39, 0.29) is 27.3 Å². The van der Waals surface area contributed by atoms with Crippen LogP contribution in [0.4, 0.5) is 4.79 Å². The van der Waals surface area contributed by atoms with E-state index in [2.05, 4.69) is 38.8 Å². The van der Waals surface area contributed by atoms with Crippen LogP contribution in [0, 0.1) is 0 Å². The summed E-state index contributed by atoms with van der Waals surface area (Å²) in [7, 11) is 1.77. The van der Waals surface area contributed by atoms with E-state index in [1.807, 2.05) is 0 Å². The number of carbonyl (C=O) groups excluding carboxylic acids is 1. The number of rotatable bonds is 4. The number of nitrogens with zero attached hydrogens (tertiary/aromatic N) is 1. The molecule has 5 heteroatoms. The molecule has 0 saturated heterocycles. The number of allylic oxidation sites excluding steroid dienone is 1. The molecule has 0 aromatic carbocycles. The first kappa shape index (κ1) is 14.3. The summed E-state index contributed by atoms with van der Waals surface area (Å²) in [6, 6.07) is 0. The summed E-state index contributed by atoms with van der Waals surface area (Å²) in [5.41, 5.74) is 1.15. The topological polar surface area (TPSA) is 29.5 Å². The van der Waals surface area contributed by atoms with E-state index in [1.165, 1.54) is 4.43 Å². The van der Waals surface area contributed by atoms with Crippen molar-refractivity contribution in [3.05, 3.63) is 21.8 Å². The third kappa shape index (κ3) is 5.51. The first-order valence-corrected chi connectivity index (χ1v) is 9.41. The second-order valence-corrected chi connectivity index (χ2v) is 7.04. The molecule has 0 aromatic heterocycles. The average molecular weight is 448 g/mol. The third-order valence-electron chi connectivity index (χ3n) is 2.03. The molecular formula is C11H16I2NO2-. The van der Waals surface area contributed by atoms with Gasteiger partial charge in [0, 0.05) is 0 Å². The Morgan fingerprint density at radius 1 is 1.69 bits per heavy atom. The second kappa shape index (κ2) is 8.32. The average Bonchev–Trinajstić information content (AvgIpc) is 2.54. The molecule has 0 radical (unpaired) electrons. The molecule has 0 N–H and O–H groups in total. The third-order valence-corrected chi connectivity index (χ3v) is 5.00. The van der Waals surface area contributed by atoms with E-state index in [4.69, 9.17) is 4.74 Å². The van der Waals surface area contributed by atoms with Gasteiger partial charge in [0.05, 0.1) is 0 Å². The quantitative estimate of drug-likeness (QED) is 0.426. The Bertz CT molecular complexity index is 290. The van der Waals surface area contributed by atoms with E-state index in [9.17, 15) is 4.79 Å².